The first-order valence-corrected chi connectivity index (χ1v) is 5.53. The van der Waals surface area contributed by atoms with E-state index >= 15 is 0 Å². The van der Waals surface area contributed by atoms with E-state index < -0.39 is 0 Å². The zero-order valence-corrected chi connectivity index (χ0v) is 10.4. The first-order valence-electron chi connectivity index (χ1n) is 4.77. The van der Waals surface area contributed by atoms with Crippen LogP contribution in [0, 0.1) is 0 Å². The van der Waals surface area contributed by atoms with Crippen molar-refractivity contribution >= 4 is 23.2 Å². The Labute approximate surface area is 100 Å². The highest BCUT2D eigenvalue weighted by atomic mass is 35.5. The highest BCUT2D eigenvalue weighted by molar-refractivity contribution is 6.32. The number of rotatable bonds is 5. The van der Waals surface area contributed by atoms with Gasteiger partial charge in [0, 0.05) is 25.2 Å². The Hall–Kier alpha value is -0.350. The normalized spacial score (nSPS) is 11.0. The Morgan fingerprint density at radius 2 is 2.13 bits per heavy atom. The third kappa shape index (κ3) is 4.34. The Kier molecular flexibility index (Phi) is 5.32. The Morgan fingerprint density at radius 1 is 1.40 bits per heavy atom. The largest absolute Gasteiger partial charge is 0.318 e. The van der Waals surface area contributed by atoms with Crippen LogP contribution < -0.4 is 5.32 Å². The molecule has 0 atom stereocenters. The van der Waals surface area contributed by atoms with E-state index in [1.807, 2.05) is 20.2 Å². The van der Waals surface area contributed by atoms with Gasteiger partial charge in [0.05, 0.1) is 0 Å². The lowest BCUT2D eigenvalue weighted by molar-refractivity contribution is 0.328. The van der Waals surface area contributed by atoms with Gasteiger partial charge in [0.15, 0.2) is 0 Å². The predicted molar refractivity (Wildman–Crippen MR) is 64.5 cm³/mol. The first kappa shape index (κ1) is 12.7. The molecule has 1 heterocycles. The summed E-state index contributed by atoms with van der Waals surface area (Å²) < 4.78 is 0. The molecule has 84 valence electrons. The molecule has 3 nitrogen and oxygen atoms in total. The Balaban J connectivity index is 2.56. The lowest BCUT2D eigenvalue weighted by Crippen LogP contribution is -2.27. The van der Waals surface area contributed by atoms with Crippen molar-refractivity contribution in [3.63, 3.8) is 0 Å². The van der Waals surface area contributed by atoms with Crippen LogP contribution in [-0.2, 0) is 6.54 Å². The van der Waals surface area contributed by atoms with Gasteiger partial charge in [-0.2, -0.15) is 0 Å². The average Bonchev–Trinajstić information content (AvgIpc) is 2.19. The van der Waals surface area contributed by atoms with E-state index in [0.29, 0.717) is 10.3 Å². The van der Waals surface area contributed by atoms with Crippen molar-refractivity contribution in [2.24, 2.45) is 0 Å². The van der Waals surface area contributed by atoms with Crippen LogP contribution in [0.4, 0.5) is 0 Å². The lowest BCUT2D eigenvalue weighted by atomic mass is 10.2. The van der Waals surface area contributed by atoms with Crippen molar-refractivity contribution in [1.82, 2.24) is 15.2 Å². The molecule has 0 saturated carbocycles. The molecule has 0 radical (unpaired) electrons. The monoisotopic (exact) mass is 247 g/mol. The van der Waals surface area contributed by atoms with Crippen molar-refractivity contribution in [3.05, 3.63) is 28.0 Å². The summed E-state index contributed by atoms with van der Waals surface area (Å²) in [6.07, 6.45) is 0. The topological polar surface area (TPSA) is 28.2 Å². The van der Waals surface area contributed by atoms with Crippen LogP contribution in [0.1, 0.15) is 5.56 Å². The number of aromatic nitrogens is 1. The smallest absolute Gasteiger partial charge is 0.135 e. The third-order valence-electron chi connectivity index (χ3n) is 2.08. The number of nitrogens with one attached hydrogen (secondary N) is 1. The molecule has 0 aliphatic rings. The summed E-state index contributed by atoms with van der Waals surface area (Å²) >= 11 is 11.7. The molecule has 0 fully saturated rings. The molecular formula is C10H15Cl2N3. The molecule has 0 aliphatic carbocycles. The molecule has 0 unspecified atom stereocenters. The van der Waals surface area contributed by atoms with E-state index in [2.05, 4.69) is 15.2 Å². The van der Waals surface area contributed by atoms with E-state index in [9.17, 15) is 0 Å². The van der Waals surface area contributed by atoms with Gasteiger partial charge >= 0.3 is 0 Å². The number of halogens is 2. The number of hydrogen-bond acceptors (Lipinski definition) is 3. The second kappa shape index (κ2) is 6.28. The summed E-state index contributed by atoms with van der Waals surface area (Å²) in [5.74, 6) is 0. The maximum atomic E-state index is 5.97. The van der Waals surface area contributed by atoms with E-state index in [-0.39, 0.29) is 0 Å². The van der Waals surface area contributed by atoms with Gasteiger partial charge in [-0.3, -0.25) is 0 Å². The number of likely N-dealkylation sites (N-methyl/N-ethyl adjacent to an activating group) is 2. The molecule has 5 heteroatoms. The van der Waals surface area contributed by atoms with Crippen LogP contribution in [0.2, 0.25) is 10.3 Å². The number of pyridine rings is 1. The summed E-state index contributed by atoms with van der Waals surface area (Å²) in [4.78, 5) is 6.17. The van der Waals surface area contributed by atoms with Crippen molar-refractivity contribution in [2.75, 3.05) is 27.2 Å². The fourth-order valence-corrected chi connectivity index (χ4v) is 1.64. The molecule has 1 aromatic heterocycles. The summed E-state index contributed by atoms with van der Waals surface area (Å²) in [6.45, 7) is 2.70. The van der Waals surface area contributed by atoms with Crippen molar-refractivity contribution in [2.45, 2.75) is 6.54 Å². The van der Waals surface area contributed by atoms with Gasteiger partial charge in [-0.1, -0.05) is 29.3 Å². The van der Waals surface area contributed by atoms with E-state index in [1.54, 1.807) is 6.07 Å². The average molecular weight is 248 g/mol. The van der Waals surface area contributed by atoms with Gasteiger partial charge in [0.25, 0.3) is 0 Å². The Bertz CT molecular complexity index is 318. The molecule has 0 bridgehead atoms. The summed E-state index contributed by atoms with van der Waals surface area (Å²) in [5, 5.41) is 4.01. The van der Waals surface area contributed by atoms with Gasteiger partial charge in [-0.15, -0.1) is 0 Å². The van der Waals surface area contributed by atoms with Gasteiger partial charge in [0.1, 0.15) is 10.3 Å². The molecule has 1 aromatic rings. The quantitative estimate of drug-likeness (QED) is 0.808. The van der Waals surface area contributed by atoms with Crippen LogP contribution in [0.15, 0.2) is 12.1 Å². The minimum Gasteiger partial charge on any atom is -0.318 e. The molecular weight excluding hydrogens is 233 g/mol. The summed E-state index contributed by atoms with van der Waals surface area (Å²) in [6, 6.07) is 3.67. The number of hydrogen-bond donors (Lipinski definition) is 1. The highest BCUT2D eigenvalue weighted by Crippen LogP contribution is 2.17. The lowest BCUT2D eigenvalue weighted by Gasteiger charge is -2.16. The standard InChI is InChI=1S/C10H15Cl2N3/c1-13-5-6-15(2)7-8-3-4-9(11)14-10(8)12/h3-4,13H,5-7H2,1-2H3. The molecule has 0 aliphatic heterocycles. The Morgan fingerprint density at radius 3 is 2.73 bits per heavy atom. The number of nitrogens with zero attached hydrogens (tertiary/aromatic N) is 2. The van der Waals surface area contributed by atoms with Gasteiger partial charge in [0.2, 0.25) is 0 Å². The fourth-order valence-electron chi connectivity index (χ4n) is 1.23. The molecule has 1 rings (SSSR count). The van der Waals surface area contributed by atoms with Gasteiger partial charge in [-0.25, -0.2) is 4.98 Å². The van der Waals surface area contributed by atoms with E-state index in [4.69, 9.17) is 23.2 Å². The SMILES string of the molecule is CNCCN(C)Cc1ccc(Cl)nc1Cl. The maximum absolute atomic E-state index is 5.97. The molecule has 0 aromatic carbocycles. The highest BCUT2D eigenvalue weighted by Gasteiger charge is 2.05. The predicted octanol–water partition coefficient (Wildman–Crippen LogP) is 2.04. The molecule has 0 amide bonds. The summed E-state index contributed by atoms with van der Waals surface area (Å²) in [7, 11) is 3.98. The maximum Gasteiger partial charge on any atom is 0.135 e. The van der Waals surface area contributed by atoms with Crippen molar-refractivity contribution in [1.29, 1.82) is 0 Å². The van der Waals surface area contributed by atoms with E-state index in [0.717, 1.165) is 25.2 Å². The minimum atomic E-state index is 0.432. The molecule has 0 spiro atoms. The fraction of sp³-hybridized carbons (Fsp3) is 0.500. The molecule has 1 N–H and O–H groups in total. The van der Waals surface area contributed by atoms with Gasteiger partial charge < -0.3 is 10.2 Å². The van der Waals surface area contributed by atoms with Gasteiger partial charge in [-0.05, 0) is 20.2 Å². The van der Waals surface area contributed by atoms with Crippen LogP contribution >= 0.6 is 23.2 Å². The van der Waals surface area contributed by atoms with Crippen LogP contribution in [0.25, 0.3) is 0 Å². The zero-order valence-electron chi connectivity index (χ0n) is 8.93. The van der Waals surface area contributed by atoms with Crippen molar-refractivity contribution in [3.8, 4) is 0 Å². The minimum absolute atomic E-state index is 0.432. The molecule has 0 saturated heterocycles. The van der Waals surface area contributed by atoms with Crippen molar-refractivity contribution < 1.29 is 0 Å². The van der Waals surface area contributed by atoms with E-state index in [1.165, 1.54) is 0 Å². The molecule has 15 heavy (non-hydrogen) atoms. The van der Waals surface area contributed by atoms with Crippen LogP contribution in [0.3, 0.4) is 0 Å². The van der Waals surface area contributed by atoms with Crippen LogP contribution in [0.5, 0.6) is 0 Å². The summed E-state index contributed by atoms with van der Waals surface area (Å²) in [5.41, 5.74) is 1.000. The third-order valence-corrected chi connectivity index (χ3v) is 2.61. The zero-order chi connectivity index (χ0) is 11.3. The van der Waals surface area contributed by atoms with Crippen LogP contribution in [-0.4, -0.2) is 37.1 Å². The second-order valence-corrected chi connectivity index (χ2v) is 4.17. The second-order valence-electron chi connectivity index (χ2n) is 3.43. The first-order chi connectivity index (χ1) is 7.13.